The van der Waals surface area contributed by atoms with Gasteiger partial charge in [0.15, 0.2) is 5.78 Å². The molecule has 0 heterocycles. The topological polar surface area (TPSA) is 43.1 Å². The summed E-state index contributed by atoms with van der Waals surface area (Å²) in [6.45, 7) is 0.416. The second kappa shape index (κ2) is 2.78. The van der Waals surface area contributed by atoms with Gasteiger partial charge in [0.2, 0.25) is 0 Å². The van der Waals surface area contributed by atoms with Crippen LogP contribution in [0, 0.1) is 0 Å². The highest BCUT2D eigenvalue weighted by Crippen LogP contribution is 2.11. The lowest BCUT2D eigenvalue weighted by Crippen LogP contribution is -2.15. The lowest BCUT2D eigenvalue weighted by Gasteiger charge is -2.07. The van der Waals surface area contributed by atoms with Crippen LogP contribution >= 0.6 is 0 Å². The number of carbonyl (C=O) groups is 1. The number of nitrogens with two attached hydrogens (primary N) is 1. The number of rotatable bonds is 1. The van der Waals surface area contributed by atoms with Crippen LogP contribution in [0.4, 0.5) is 0 Å². The van der Waals surface area contributed by atoms with Gasteiger partial charge in [0.1, 0.15) is 0 Å². The molecule has 0 aromatic carbocycles. The molecule has 2 nitrogen and oxygen atoms in total. The van der Waals surface area contributed by atoms with Crippen molar-refractivity contribution in [3.63, 3.8) is 0 Å². The van der Waals surface area contributed by atoms with E-state index >= 15 is 0 Å². The average molecular weight is 125 g/mol. The third-order valence-corrected chi connectivity index (χ3v) is 1.58. The van der Waals surface area contributed by atoms with Crippen molar-refractivity contribution in [2.75, 3.05) is 6.54 Å². The molecular weight excluding hydrogens is 114 g/mol. The van der Waals surface area contributed by atoms with Crippen LogP contribution in [0.3, 0.4) is 0 Å². The van der Waals surface area contributed by atoms with Crippen molar-refractivity contribution in [3.8, 4) is 0 Å². The first-order valence-electron chi connectivity index (χ1n) is 3.27. The molecule has 0 amide bonds. The Morgan fingerprint density at radius 3 is 2.89 bits per heavy atom. The van der Waals surface area contributed by atoms with E-state index in [1.54, 1.807) is 0 Å². The minimum atomic E-state index is 0.240. The summed E-state index contributed by atoms with van der Waals surface area (Å²) in [4.78, 5) is 10.9. The van der Waals surface area contributed by atoms with E-state index in [9.17, 15) is 4.79 Å². The molecule has 0 fully saturated rings. The Balaban J connectivity index is 2.64. The number of hydrogen-bond acceptors (Lipinski definition) is 2. The smallest absolute Gasteiger partial charge is 0.159 e. The lowest BCUT2D eigenvalue weighted by molar-refractivity contribution is -0.115. The maximum absolute atomic E-state index is 10.9. The summed E-state index contributed by atoms with van der Waals surface area (Å²) in [7, 11) is 0. The van der Waals surface area contributed by atoms with E-state index in [1.165, 1.54) is 0 Å². The fraction of sp³-hybridized carbons (Fsp3) is 0.571. The number of carbonyl (C=O) groups excluding carboxylic acids is 1. The maximum Gasteiger partial charge on any atom is 0.159 e. The largest absolute Gasteiger partial charge is 0.326 e. The molecule has 0 aliphatic heterocycles. The van der Waals surface area contributed by atoms with Gasteiger partial charge in [-0.3, -0.25) is 4.79 Å². The molecule has 0 saturated carbocycles. The number of Topliss-reactive ketones (excluding diaryl/α,β-unsaturated/α-hetero) is 1. The van der Waals surface area contributed by atoms with E-state index in [2.05, 4.69) is 0 Å². The quantitative estimate of drug-likeness (QED) is 0.558. The monoisotopic (exact) mass is 125 g/mol. The summed E-state index contributed by atoms with van der Waals surface area (Å²) in [5, 5.41) is 0. The summed E-state index contributed by atoms with van der Waals surface area (Å²) in [6, 6.07) is 0. The molecule has 50 valence electrons. The zero-order valence-electron chi connectivity index (χ0n) is 5.39. The van der Waals surface area contributed by atoms with Gasteiger partial charge < -0.3 is 5.73 Å². The normalized spacial score (nSPS) is 19.7. The van der Waals surface area contributed by atoms with Gasteiger partial charge in [-0.25, -0.2) is 0 Å². The molecule has 2 heteroatoms. The van der Waals surface area contributed by atoms with E-state index in [0.717, 1.165) is 18.4 Å². The SMILES string of the molecule is NCC1=CCCCC1=O. The van der Waals surface area contributed by atoms with Crippen LogP contribution < -0.4 is 5.73 Å². The molecule has 0 spiro atoms. The highest BCUT2D eigenvalue weighted by atomic mass is 16.1. The minimum absolute atomic E-state index is 0.240. The molecule has 9 heavy (non-hydrogen) atoms. The second-order valence-corrected chi connectivity index (χ2v) is 2.25. The van der Waals surface area contributed by atoms with Crippen LogP contribution in [0.2, 0.25) is 0 Å². The predicted octanol–water partition coefficient (Wildman–Crippen LogP) is 0.625. The molecule has 0 aromatic rings. The van der Waals surface area contributed by atoms with Crippen LogP contribution in [0.15, 0.2) is 11.6 Å². The van der Waals surface area contributed by atoms with Gasteiger partial charge in [-0.2, -0.15) is 0 Å². The molecule has 2 N–H and O–H groups in total. The first-order valence-corrected chi connectivity index (χ1v) is 3.27. The zero-order valence-corrected chi connectivity index (χ0v) is 5.39. The molecule has 1 aliphatic carbocycles. The number of hydrogen-bond donors (Lipinski definition) is 1. The van der Waals surface area contributed by atoms with Crippen molar-refractivity contribution >= 4 is 5.78 Å². The van der Waals surface area contributed by atoms with Gasteiger partial charge in [0, 0.05) is 18.5 Å². The fourth-order valence-electron chi connectivity index (χ4n) is 1.01. The summed E-state index contributed by atoms with van der Waals surface area (Å²) >= 11 is 0. The molecule has 0 aromatic heterocycles. The van der Waals surface area contributed by atoms with Crippen molar-refractivity contribution in [2.24, 2.45) is 5.73 Å². The van der Waals surface area contributed by atoms with Crippen LogP contribution in [0.25, 0.3) is 0 Å². The predicted molar refractivity (Wildman–Crippen MR) is 36.0 cm³/mol. The third kappa shape index (κ3) is 1.39. The van der Waals surface area contributed by atoms with Crippen LogP contribution in [-0.4, -0.2) is 12.3 Å². The Morgan fingerprint density at radius 2 is 2.44 bits per heavy atom. The lowest BCUT2D eigenvalue weighted by atomic mass is 9.98. The highest BCUT2D eigenvalue weighted by Gasteiger charge is 2.10. The number of allylic oxidation sites excluding steroid dienone is 1. The second-order valence-electron chi connectivity index (χ2n) is 2.25. The average Bonchev–Trinajstić information content (AvgIpc) is 1.89. The van der Waals surface area contributed by atoms with Gasteiger partial charge in [-0.15, -0.1) is 0 Å². The van der Waals surface area contributed by atoms with Gasteiger partial charge in [-0.1, -0.05) is 6.08 Å². The van der Waals surface area contributed by atoms with E-state index in [4.69, 9.17) is 5.73 Å². The molecule has 0 unspecified atom stereocenters. The van der Waals surface area contributed by atoms with E-state index < -0.39 is 0 Å². The van der Waals surface area contributed by atoms with E-state index in [1.807, 2.05) is 6.08 Å². The Kier molecular flexibility index (Phi) is 2.01. The van der Waals surface area contributed by atoms with Gasteiger partial charge in [0.25, 0.3) is 0 Å². The summed E-state index contributed by atoms with van der Waals surface area (Å²) < 4.78 is 0. The van der Waals surface area contributed by atoms with Crippen LogP contribution in [0.5, 0.6) is 0 Å². The molecule has 1 rings (SSSR count). The first-order chi connectivity index (χ1) is 4.34. The molecular formula is C7H11NO. The van der Waals surface area contributed by atoms with Gasteiger partial charge >= 0.3 is 0 Å². The highest BCUT2D eigenvalue weighted by molar-refractivity contribution is 5.96. The van der Waals surface area contributed by atoms with Crippen LogP contribution in [-0.2, 0) is 4.79 Å². The van der Waals surface area contributed by atoms with Crippen molar-refractivity contribution in [2.45, 2.75) is 19.3 Å². The van der Waals surface area contributed by atoms with Crippen molar-refractivity contribution in [1.82, 2.24) is 0 Å². The molecule has 0 atom stereocenters. The standard InChI is InChI=1S/C7H11NO/c8-5-6-3-1-2-4-7(6)9/h3H,1-2,4-5,8H2. The summed E-state index contributed by atoms with van der Waals surface area (Å²) in [5.74, 6) is 0.240. The maximum atomic E-state index is 10.9. The molecule has 0 saturated heterocycles. The Hall–Kier alpha value is -0.630. The molecule has 0 radical (unpaired) electrons. The van der Waals surface area contributed by atoms with Crippen LogP contribution in [0.1, 0.15) is 19.3 Å². The summed E-state index contributed by atoms with van der Waals surface area (Å²) in [5.41, 5.74) is 6.13. The fourth-order valence-corrected chi connectivity index (χ4v) is 1.01. The minimum Gasteiger partial charge on any atom is -0.326 e. The van der Waals surface area contributed by atoms with E-state index in [-0.39, 0.29) is 5.78 Å². The molecule has 1 aliphatic rings. The van der Waals surface area contributed by atoms with Crippen molar-refractivity contribution in [1.29, 1.82) is 0 Å². The van der Waals surface area contributed by atoms with Crippen molar-refractivity contribution < 1.29 is 4.79 Å². The van der Waals surface area contributed by atoms with Gasteiger partial charge in [-0.05, 0) is 12.8 Å². The molecule has 0 bridgehead atoms. The number of ketones is 1. The van der Waals surface area contributed by atoms with Crippen molar-refractivity contribution in [3.05, 3.63) is 11.6 Å². The third-order valence-electron chi connectivity index (χ3n) is 1.58. The Morgan fingerprint density at radius 1 is 1.67 bits per heavy atom. The van der Waals surface area contributed by atoms with Gasteiger partial charge in [0.05, 0.1) is 0 Å². The Bertz CT molecular complexity index is 149. The Labute approximate surface area is 54.7 Å². The summed E-state index contributed by atoms with van der Waals surface area (Å²) in [6.07, 6.45) is 4.68. The zero-order chi connectivity index (χ0) is 6.69. The first kappa shape index (κ1) is 6.49. The van der Waals surface area contributed by atoms with E-state index in [0.29, 0.717) is 13.0 Å².